The van der Waals surface area contributed by atoms with Gasteiger partial charge in [0.2, 0.25) is 0 Å². The Labute approximate surface area is 154 Å². The molecule has 0 spiro atoms. The quantitative estimate of drug-likeness (QED) is 0.400. The van der Waals surface area contributed by atoms with Crippen molar-refractivity contribution in [2.24, 2.45) is 0 Å². The number of ether oxygens (including phenoxy) is 2. The molecular weight excluding hydrogens is 362 g/mol. The lowest BCUT2D eigenvalue weighted by Gasteiger charge is -2.14. The monoisotopic (exact) mass is 376 g/mol. The molecule has 0 aliphatic carbocycles. The van der Waals surface area contributed by atoms with E-state index in [0.717, 1.165) is 16.7 Å². The van der Waals surface area contributed by atoms with Gasteiger partial charge in [0.1, 0.15) is 10.9 Å². The van der Waals surface area contributed by atoms with Gasteiger partial charge in [-0.15, -0.1) is 6.42 Å². The second-order valence-electron chi connectivity index (χ2n) is 4.77. The normalized spacial score (nSPS) is 15.4. The van der Waals surface area contributed by atoms with Crippen LogP contribution in [0.4, 0.5) is 0 Å². The first-order valence-corrected chi connectivity index (χ1v) is 8.47. The SMILES string of the molecule is C#CCOc1ccc(/C=C2\SC(=S)N(CC(=O)[O-])C2=O)cc1OCC. The molecule has 0 atom stereocenters. The lowest BCUT2D eigenvalue weighted by Crippen LogP contribution is -2.40. The zero-order valence-corrected chi connectivity index (χ0v) is 14.9. The van der Waals surface area contributed by atoms with Gasteiger partial charge in [0.25, 0.3) is 5.91 Å². The molecule has 0 bridgehead atoms. The van der Waals surface area contributed by atoms with E-state index in [-0.39, 0.29) is 10.9 Å². The van der Waals surface area contributed by atoms with Crippen molar-refractivity contribution in [2.75, 3.05) is 19.8 Å². The van der Waals surface area contributed by atoms with Crippen LogP contribution >= 0.6 is 24.0 Å². The molecule has 1 aliphatic heterocycles. The third-order valence-electron chi connectivity index (χ3n) is 3.04. The number of hydrogen-bond donors (Lipinski definition) is 0. The Hall–Kier alpha value is -2.50. The minimum atomic E-state index is -1.37. The Morgan fingerprint density at radius 1 is 1.44 bits per heavy atom. The fourth-order valence-electron chi connectivity index (χ4n) is 2.04. The number of benzene rings is 1. The second-order valence-corrected chi connectivity index (χ2v) is 6.45. The van der Waals surface area contributed by atoms with Crippen molar-refractivity contribution in [3.8, 4) is 23.8 Å². The average molecular weight is 376 g/mol. The van der Waals surface area contributed by atoms with Gasteiger partial charge in [-0.3, -0.25) is 9.69 Å². The number of terminal acetylenes is 1. The van der Waals surface area contributed by atoms with Gasteiger partial charge < -0.3 is 19.4 Å². The van der Waals surface area contributed by atoms with Gasteiger partial charge in [-0.25, -0.2) is 0 Å². The first-order valence-electron chi connectivity index (χ1n) is 7.24. The molecule has 0 aromatic heterocycles. The van der Waals surface area contributed by atoms with Crippen molar-refractivity contribution in [3.63, 3.8) is 0 Å². The summed E-state index contributed by atoms with van der Waals surface area (Å²) >= 11 is 6.07. The van der Waals surface area contributed by atoms with Crippen molar-refractivity contribution in [2.45, 2.75) is 6.92 Å². The molecule has 1 heterocycles. The first-order chi connectivity index (χ1) is 12.0. The molecule has 0 radical (unpaired) electrons. The zero-order chi connectivity index (χ0) is 18.4. The lowest BCUT2D eigenvalue weighted by molar-refractivity contribution is -0.305. The van der Waals surface area contributed by atoms with Crippen molar-refractivity contribution in [1.29, 1.82) is 0 Å². The van der Waals surface area contributed by atoms with E-state index in [1.165, 1.54) is 0 Å². The number of thioether (sulfide) groups is 1. The van der Waals surface area contributed by atoms with Crippen LogP contribution in [0.1, 0.15) is 12.5 Å². The Kier molecular flexibility index (Phi) is 6.44. The zero-order valence-electron chi connectivity index (χ0n) is 13.3. The van der Waals surface area contributed by atoms with E-state index in [2.05, 4.69) is 5.92 Å². The molecule has 1 saturated heterocycles. The predicted molar refractivity (Wildman–Crippen MR) is 96.8 cm³/mol. The molecule has 0 unspecified atom stereocenters. The van der Waals surface area contributed by atoms with Crippen LogP contribution in [-0.2, 0) is 9.59 Å². The van der Waals surface area contributed by atoms with Crippen molar-refractivity contribution in [3.05, 3.63) is 28.7 Å². The molecular formula is C17H14NO5S2-. The van der Waals surface area contributed by atoms with Gasteiger partial charge >= 0.3 is 0 Å². The highest BCUT2D eigenvalue weighted by molar-refractivity contribution is 8.26. The highest BCUT2D eigenvalue weighted by atomic mass is 32.2. The number of carboxylic acids is 1. The van der Waals surface area contributed by atoms with Gasteiger partial charge in [0, 0.05) is 0 Å². The van der Waals surface area contributed by atoms with Crippen LogP contribution in [0.15, 0.2) is 23.1 Å². The minimum absolute atomic E-state index is 0.112. The van der Waals surface area contributed by atoms with E-state index in [0.29, 0.717) is 28.6 Å². The molecule has 1 aromatic rings. The summed E-state index contributed by atoms with van der Waals surface area (Å²) in [7, 11) is 0. The molecule has 6 nitrogen and oxygen atoms in total. The van der Waals surface area contributed by atoms with Crippen LogP contribution in [0.2, 0.25) is 0 Å². The van der Waals surface area contributed by atoms with Crippen molar-refractivity contribution < 1.29 is 24.2 Å². The summed E-state index contributed by atoms with van der Waals surface area (Å²) in [6.07, 6.45) is 6.80. The summed E-state index contributed by atoms with van der Waals surface area (Å²) < 4.78 is 11.1. The number of thiocarbonyl (C=S) groups is 1. The Morgan fingerprint density at radius 2 is 2.20 bits per heavy atom. The molecule has 1 fully saturated rings. The van der Waals surface area contributed by atoms with E-state index in [9.17, 15) is 14.7 Å². The van der Waals surface area contributed by atoms with Gasteiger partial charge in [-0.05, 0) is 30.7 Å². The molecule has 0 N–H and O–H groups in total. The molecule has 0 saturated carbocycles. The maximum absolute atomic E-state index is 12.3. The number of rotatable bonds is 7. The number of hydrogen-bond acceptors (Lipinski definition) is 7. The standard InChI is InChI=1S/C17H15NO5S2/c1-3-7-23-12-6-5-11(8-13(12)22-4-2)9-14-16(21)18(10-15(19)20)17(24)25-14/h1,5-6,8-9H,4,7,10H2,2H3,(H,19,20)/p-1/b14-9-. The van der Waals surface area contributed by atoms with Gasteiger partial charge in [-0.1, -0.05) is 36.0 Å². The largest absolute Gasteiger partial charge is 0.548 e. The average Bonchev–Trinajstić information content (AvgIpc) is 2.81. The molecule has 1 aliphatic rings. The molecule has 1 aromatic carbocycles. The summed E-state index contributed by atoms with van der Waals surface area (Å²) in [6, 6.07) is 5.14. The fourth-order valence-corrected chi connectivity index (χ4v) is 3.29. The van der Waals surface area contributed by atoms with E-state index in [1.807, 2.05) is 6.92 Å². The maximum Gasteiger partial charge on any atom is 0.266 e. The van der Waals surface area contributed by atoms with Gasteiger partial charge in [0.05, 0.1) is 24.0 Å². The summed E-state index contributed by atoms with van der Waals surface area (Å²) in [6.45, 7) is 1.82. The van der Waals surface area contributed by atoms with E-state index in [1.54, 1.807) is 24.3 Å². The number of aliphatic carboxylic acids is 1. The number of carbonyl (C=O) groups is 2. The molecule has 2 rings (SSSR count). The van der Waals surface area contributed by atoms with Crippen LogP contribution < -0.4 is 14.6 Å². The Morgan fingerprint density at radius 3 is 2.84 bits per heavy atom. The van der Waals surface area contributed by atoms with Crippen LogP contribution in [0, 0.1) is 12.3 Å². The lowest BCUT2D eigenvalue weighted by atomic mass is 10.2. The third-order valence-corrected chi connectivity index (χ3v) is 4.41. The van der Waals surface area contributed by atoms with Crippen molar-refractivity contribution in [1.82, 2.24) is 4.90 Å². The molecule has 1 amide bonds. The number of carboxylic acid groups (broad SMARTS) is 1. The summed E-state index contributed by atoms with van der Waals surface area (Å²) in [5.41, 5.74) is 0.686. The molecule has 25 heavy (non-hydrogen) atoms. The van der Waals surface area contributed by atoms with Crippen LogP contribution in [0.25, 0.3) is 6.08 Å². The smallest absolute Gasteiger partial charge is 0.266 e. The highest BCUT2D eigenvalue weighted by Crippen LogP contribution is 2.34. The Balaban J connectivity index is 2.27. The van der Waals surface area contributed by atoms with E-state index in [4.69, 9.17) is 28.1 Å². The maximum atomic E-state index is 12.3. The van der Waals surface area contributed by atoms with Crippen LogP contribution in [0.3, 0.4) is 0 Å². The van der Waals surface area contributed by atoms with Crippen LogP contribution in [-0.4, -0.2) is 40.9 Å². The highest BCUT2D eigenvalue weighted by Gasteiger charge is 2.31. The fraction of sp³-hybridized carbons (Fsp3) is 0.235. The summed E-state index contributed by atoms with van der Waals surface area (Å²) in [5, 5.41) is 10.7. The number of amides is 1. The minimum Gasteiger partial charge on any atom is -0.548 e. The van der Waals surface area contributed by atoms with Crippen molar-refractivity contribution >= 4 is 46.3 Å². The van der Waals surface area contributed by atoms with Crippen LogP contribution in [0.5, 0.6) is 11.5 Å². The van der Waals surface area contributed by atoms with E-state index < -0.39 is 18.4 Å². The predicted octanol–water partition coefficient (Wildman–Crippen LogP) is 1.05. The topological polar surface area (TPSA) is 78.9 Å². The number of carbonyl (C=O) groups excluding carboxylic acids is 2. The first kappa shape index (κ1) is 18.8. The number of nitrogens with zero attached hydrogens (tertiary/aromatic N) is 1. The molecule has 8 heteroatoms. The molecule has 130 valence electrons. The van der Waals surface area contributed by atoms with E-state index >= 15 is 0 Å². The summed E-state index contributed by atoms with van der Waals surface area (Å²) in [4.78, 5) is 24.3. The van der Waals surface area contributed by atoms with Gasteiger partial charge in [0.15, 0.2) is 11.5 Å². The van der Waals surface area contributed by atoms with Gasteiger partial charge in [-0.2, -0.15) is 0 Å². The Bertz CT molecular complexity index is 782. The third kappa shape index (κ3) is 4.75. The second kappa shape index (κ2) is 8.55. The summed E-state index contributed by atoms with van der Waals surface area (Å²) in [5.74, 6) is 1.54.